The molecule has 2 N–H and O–H groups in total. The molecule has 0 amide bonds. The average Bonchev–Trinajstić information content (AvgIpc) is 3.05. The highest BCUT2D eigenvalue weighted by Crippen LogP contribution is 2.26. The lowest BCUT2D eigenvalue weighted by Crippen LogP contribution is -1.94. The van der Waals surface area contributed by atoms with Gasteiger partial charge >= 0.3 is 0 Å². The van der Waals surface area contributed by atoms with Crippen molar-refractivity contribution in [3.8, 4) is 11.3 Å². The summed E-state index contributed by atoms with van der Waals surface area (Å²) < 4.78 is 13.5. The van der Waals surface area contributed by atoms with Crippen LogP contribution in [0.4, 0.5) is 15.9 Å². The molecule has 0 aliphatic rings. The average molecular weight is 345 g/mol. The Morgan fingerprint density at radius 1 is 1.00 bits per heavy atom. The highest BCUT2D eigenvalue weighted by atomic mass is 19.1. The number of anilines is 2. The minimum absolute atomic E-state index is 0.244. The Bertz CT molecular complexity index is 1050. The quantitative estimate of drug-likeness (QED) is 0.460. The van der Waals surface area contributed by atoms with Crippen LogP contribution in [0.3, 0.4) is 0 Å². The summed E-state index contributed by atoms with van der Waals surface area (Å²) in [6.07, 6.45) is 1.82. The lowest BCUT2D eigenvalue weighted by Gasteiger charge is -2.08. The molecule has 26 heavy (non-hydrogen) atoms. The number of hydrogen-bond acceptors (Lipinski definition) is 2. The van der Waals surface area contributed by atoms with Gasteiger partial charge in [0.05, 0.1) is 5.52 Å². The van der Waals surface area contributed by atoms with Gasteiger partial charge in [-0.15, -0.1) is 0 Å². The molecule has 2 aromatic carbocycles. The molecule has 4 heteroatoms. The Morgan fingerprint density at radius 3 is 2.54 bits per heavy atom. The molecular weight excluding hydrogens is 325 g/mol. The predicted molar refractivity (Wildman–Crippen MR) is 105 cm³/mol. The fraction of sp³-hybridized carbons (Fsp3) is 0.136. The number of halogens is 1. The van der Waals surface area contributed by atoms with Crippen LogP contribution >= 0.6 is 0 Å². The maximum absolute atomic E-state index is 13.5. The molecule has 0 fully saturated rings. The number of aromatic nitrogens is 2. The van der Waals surface area contributed by atoms with Crippen LogP contribution in [0, 0.1) is 5.82 Å². The van der Waals surface area contributed by atoms with E-state index in [1.807, 2.05) is 24.4 Å². The van der Waals surface area contributed by atoms with Crippen molar-refractivity contribution < 1.29 is 4.39 Å². The molecule has 0 spiro atoms. The largest absolute Gasteiger partial charge is 0.354 e. The van der Waals surface area contributed by atoms with Gasteiger partial charge in [0.1, 0.15) is 11.6 Å². The van der Waals surface area contributed by atoms with Gasteiger partial charge < -0.3 is 10.3 Å². The Morgan fingerprint density at radius 2 is 1.81 bits per heavy atom. The minimum atomic E-state index is -0.244. The van der Waals surface area contributed by atoms with Gasteiger partial charge in [-0.1, -0.05) is 38.1 Å². The standard InChI is InChI=1S/C22H20FN3/c1-14(2)15-6-8-19(9-7-15)25-22-12-21-17(13-24-22)11-20(26-21)16-4-3-5-18(23)10-16/h3-14,26H,1-2H3,(H,24,25). The summed E-state index contributed by atoms with van der Waals surface area (Å²) in [6.45, 7) is 4.36. The SMILES string of the molecule is CC(C)c1ccc(Nc2cc3[nH]c(-c4cccc(F)c4)cc3cn2)cc1. The molecule has 0 aliphatic carbocycles. The van der Waals surface area contributed by atoms with Gasteiger partial charge in [-0.05, 0) is 41.8 Å². The molecule has 0 saturated heterocycles. The number of H-pyrrole nitrogens is 1. The molecule has 0 atom stereocenters. The van der Waals surface area contributed by atoms with Crippen LogP contribution in [0.1, 0.15) is 25.3 Å². The first-order valence-corrected chi connectivity index (χ1v) is 8.70. The van der Waals surface area contributed by atoms with Crippen LogP contribution in [0.15, 0.2) is 66.9 Å². The van der Waals surface area contributed by atoms with Crippen molar-refractivity contribution in [3.63, 3.8) is 0 Å². The fourth-order valence-electron chi connectivity index (χ4n) is 3.01. The third-order valence-corrected chi connectivity index (χ3v) is 4.49. The first kappa shape index (κ1) is 16.3. The van der Waals surface area contributed by atoms with Gasteiger partial charge in [0.25, 0.3) is 0 Å². The zero-order chi connectivity index (χ0) is 18.1. The van der Waals surface area contributed by atoms with Crippen molar-refractivity contribution in [2.45, 2.75) is 19.8 Å². The van der Waals surface area contributed by atoms with E-state index in [4.69, 9.17) is 0 Å². The molecule has 0 bridgehead atoms. The zero-order valence-corrected chi connectivity index (χ0v) is 14.8. The Balaban J connectivity index is 1.61. The van der Waals surface area contributed by atoms with E-state index < -0.39 is 0 Å². The Kier molecular flexibility index (Phi) is 4.17. The van der Waals surface area contributed by atoms with Crippen molar-refractivity contribution in [1.82, 2.24) is 9.97 Å². The number of nitrogens with zero attached hydrogens (tertiary/aromatic N) is 1. The van der Waals surface area contributed by atoms with E-state index in [9.17, 15) is 4.39 Å². The van der Waals surface area contributed by atoms with Crippen molar-refractivity contribution in [2.75, 3.05) is 5.32 Å². The summed E-state index contributed by atoms with van der Waals surface area (Å²) in [5.41, 5.74) is 4.96. The number of aromatic amines is 1. The molecular formula is C22H20FN3. The molecule has 4 aromatic rings. The number of benzene rings is 2. The first-order valence-electron chi connectivity index (χ1n) is 8.70. The zero-order valence-electron chi connectivity index (χ0n) is 14.8. The number of hydrogen-bond donors (Lipinski definition) is 2. The molecule has 0 saturated carbocycles. The Hall–Kier alpha value is -3.14. The van der Waals surface area contributed by atoms with Crippen molar-refractivity contribution in [1.29, 1.82) is 0 Å². The van der Waals surface area contributed by atoms with Gasteiger partial charge in [0.2, 0.25) is 0 Å². The molecule has 0 unspecified atom stereocenters. The summed E-state index contributed by atoms with van der Waals surface area (Å²) in [7, 11) is 0. The van der Waals surface area contributed by atoms with E-state index >= 15 is 0 Å². The van der Waals surface area contributed by atoms with E-state index in [1.54, 1.807) is 6.07 Å². The summed E-state index contributed by atoms with van der Waals surface area (Å²) in [6, 6.07) is 18.9. The van der Waals surface area contributed by atoms with E-state index in [-0.39, 0.29) is 5.82 Å². The molecule has 2 aromatic heterocycles. The lowest BCUT2D eigenvalue weighted by atomic mass is 10.0. The second-order valence-corrected chi connectivity index (χ2v) is 6.75. The summed E-state index contributed by atoms with van der Waals surface area (Å²) >= 11 is 0. The topological polar surface area (TPSA) is 40.7 Å². The maximum Gasteiger partial charge on any atom is 0.132 e. The van der Waals surface area contributed by atoms with E-state index in [0.717, 1.165) is 33.7 Å². The van der Waals surface area contributed by atoms with E-state index in [2.05, 4.69) is 53.4 Å². The van der Waals surface area contributed by atoms with Gasteiger partial charge in [0.15, 0.2) is 0 Å². The third-order valence-electron chi connectivity index (χ3n) is 4.49. The summed E-state index contributed by atoms with van der Waals surface area (Å²) in [4.78, 5) is 7.82. The fourth-order valence-corrected chi connectivity index (χ4v) is 3.01. The third kappa shape index (κ3) is 3.31. The number of rotatable bonds is 4. The van der Waals surface area contributed by atoms with Crippen molar-refractivity contribution in [3.05, 3.63) is 78.2 Å². The molecule has 0 aliphatic heterocycles. The van der Waals surface area contributed by atoms with Crippen LogP contribution < -0.4 is 5.32 Å². The minimum Gasteiger partial charge on any atom is -0.354 e. The summed E-state index contributed by atoms with van der Waals surface area (Å²) in [5.74, 6) is 1.03. The maximum atomic E-state index is 13.5. The lowest BCUT2D eigenvalue weighted by molar-refractivity contribution is 0.628. The summed E-state index contributed by atoms with van der Waals surface area (Å²) in [5, 5.41) is 4.32. The predicted octanol–water partition coefficient (Wildman–Crippen LogP) is 6.24. The molecule has 3 nitrogen and oxygen atoms in total. The smallest absolute Gasteiger partial charge is 0.132 e. The van der Waals surface area contributed by atoms with Crippen molar-refractivity contribution >= 4 is 22.4 Å². The van der Waals surface area contributed by atoms with Crippen LogP contribution in [0.25, 0.3) is 22.2 Å². The highest BCUT2D eigenvalue weighted by Gasteiger charge is 2.06. The van der Waals surface area contributed by atoms with Crippen LogP contribution in [0.2, 0.25) is 0 Å². The molecule has 0 radical (unpaired) electrons. The second kappa shape index (κ2) is 6.64. The van der Waals surface area contributed by atoms with Crippen LogP contribution in [0.5, 0.6) is 0 Å². The van der Waals surface area contributed by atoms with Crippen LogP contribution in [-0.2, 0) is 0 Å². The number of fused-ring (bicyclic) bond motifs is 1. The highest BCUT2D eigenvalue weighted by molar-refractivity contribution is 5.87. The van der Waals surface area contributed by atoms with E-state index in [1.165, 1.54) is 17.7 Å². The van der Waals surface area contributed by atoms with E-state index in [0.29, 0.717) is 5.92 Å². The number of pyridine rings is 1. The van der Waals surface area contributed by atoms with Crippen LogP contribution in [-0.4, -0.2) is 9.97 Å². The van der Waals surface area contributed by atoms with Gasteiger partial charge in [-0.2, -0.15) is 0 Å². The Labute approximate surface area is 151 Å². The molecule has 2 heterocycles. The second-order valence-electron chi connectivity index (χ2n) is 6.75. The normalized spacial score (nSPS) is 11.2. The molecule has 4 rings (SSSR count). The molecule has 130 valence electrons. The van der Waals surface area contributed by atoms with Gasteiger partial charge in [-0.25, -0.2) is 9.37 Å². The van der Waals surface area contributed by atoms with Gasteiger partial charge in [0, 0.05) is 34.6 Å². The monoisotopic (exact) mass is 345 g/mol. The van der Waals surface area contributed by atoms with Gasteiger partial charge in [-0.3, -0.25) is 0 Å². The number of nitrogens with one attached hydrogen (secondary N) is 2. The first-order chi connectivity index (χ1) is 12.6. The van der Waals surface area contributed by atoms with Crippen molar-refractivity contribution in [2.24, 2.45) is 0 Å².